The molecule has 2 rings (SSSR count). The van der Waals surface area contributed by atoms with E-state index in [9.17, 15) is 13.5 Å². The van der Waals surface area contributed by atoms with Crippen LogP contribution in [0.15, 0.2) is 29.2 Å². The van der Waals surface area contributed by atoms with Crippen LogP contribution < -0.4 is 5.32 Å². The van der Waals surface area contributed by atoms with Crippen LogP contribution in [0, 0.1) is 5.41 Å². The van der Waals surface area contributed by atoms with E-state index in [1.54, 1.807) is 24.3 Å². The van der Waals surface area contributed by atoms with Crippen LogP contribution in [0.4, 0.5) is 5.69 Å². The maximum Gasteiger partial charge on any atom is 0.175 e. The zero-order valence-corrected chi connectivity index (χ0v) is 13.8. The number of rotatable bonds is 4. The molecule has 0 amide bonds. The van der Waals surface area contributed by atoms with E-state index in [2.05, 4.69) is 19.2 Å². The molecule has 0 bridgehead atoms. The predicted molar refractivity (Wildman–Crippen MR) is 85.2 cm³/mol. The first-order valence-corrected chi connectivity index (χ1v) is 9.25. The first-order chi connectivity index (χ1) is 9.60. The number of aliphatic hydroxyl groups is 1. The van der Waals surface area contributed by atoms with E-state index in [-0.39, 0.29) is 0 Å². The largest absolute Gasteiger partial charge is 0.388 e. The molecule has 1 aromatic rings. The summed E-state index contributed by atoms with van der Waals surface area (Å²) in [5.41, 5.74) is 0.495. The van der Waals surface area contributed by atoms with E-state index in [4.69, 9.17) is 0 Å². The predicted octanol–water partition coefficient (Wildman–Crippen LogP) is 2.83. The summed E-state index contributed by atoms with van der Waals surface area (Å²) in [5.74, 6) is 0. The van der Waals surface area contributed by atoms with Crippen LogP contribution in [0.2, 0.25) is 0 Å². The van der Waals surface area contributed by atoms with Crippen LogP contribution in [-0.4, -0.2) is 31.9 Å². The Balaban J connectivity index is 1.94. The molecule has 1 aliphatic carbocycles. The van der Waals surface area contributed by atoms with Crippen molar-refractivity contribution < 1.29 is 13.5 Å². The van der Waals surface area contributed by atoms with E-state index < -0.39 is 15.4 Å². The maximum atomic E-state index is 11.4. The molecule has 4 nitrogen and oxygen atoms in total. The normalized spacial score (nSPS) is 21.0. The van der Waals surface area contributed by atoms with E-state index in [1.807, 2.05) is 0 Å². The summed E-state index contributed by atoms with van der Waals surface area (Å²) in [6, 6.07) is 6.66. The minimum absolute atomic E-state index is 0.311. The van der Waals surface area contributed by atoms with Gasteiger partial charge < -0.3 is 10.4 Å². The van der Waals surface area contributed by atoms with Gasteiger partial charge in [-0.2, -0.15) is 0 Å². The third kappa shape index (κ3) is 4.45. The average molecular weight is 311 g/mol. The van der Waals surface area contributed by atoms with Crippen molar-refractivity contribution in [1.29, 1.82) is 0 Å². The monoisotopic (exact) mass is 311 g/mol. The smallest absolute Gasteiger partial charge is 0.175 e. The van der Waals surface area contributed by atoms with Gasteiger partial charge in [0.2, 0.25) is 0 Å². The molecule has 0 unspecified atom stereocenters. The Morgan fingerprint density at radius 1 is 1.10 bits per heavy atom. The lowest BCUT2D eigenvalue weighted by atomic mass is 9.71. The molecule has 0 radical (unpaired) electrons. The Labute approximate surface area is 127 Å². The van der Waals surface area contributed by atoms with Gasteiger partial charge in [0.1, 0.15) is 0 Å². The lowest BCUT2D eigenvalue weighted by Gasteiger charge is -2.40. The van der Waals surface area contributed by atoms with Crippen LogP contribution in [0.25, 0.3) is 0 Å². The van der Waals surface area contributed by atoms with E-state index in [0.717, 1.165) is 31.4 Å². The van der Waals surface area contributed by atoms with Crippen molar-refractivity contribution in [3.8, 4) is 0 Å². The second-order valence-corrected chi connectivity index (χ2v) is 9.05. The van der Waals surface area contributed by atoms with Gasteiger partial charge in [0.05, 0.1) is 10.5 Å². The van der Waals surface area contributed by atoms with Crippen molar-refractivity contribution in [2.45, 2.75) is 50.0 Å². The molecule has 1 aliphatic rings. The molecule has 0 saturated heterocycles. The van der Waals surface area contributed by atoms with Gasteiger partial charge in [-0.1, -0.05) is 13.8 Å². The van der Waals surface area contributed by atoms with E-state index >= 15 is 0 Å². The molecule has 21 heavy (non-hydrogen) atoms. The first-order valence-electron chi connectivity index (χ1n) is 7.36. The molecule has 0 heterocycles. The highest BCUT2D eigenvalue weighted by Gasteiger charge is 2.36. The van der Waals surface area contributed by atoms with Gasteiger partial charge in [0.15, 0.2) is 9.84 Å². The molecule has 0 spiro atoms. The number of sulfone groups is 1. The number of hydrogen-bond acceptors (Lipinski definition) is 4. The van der Waals surface area contributed by atoms with Crippen LogP contribution in [0.3, 0.4) is 0 Å². The van der Waals surface area contributed by atoms with Gasteiger partial charge in [0, 0.05) is 18.5 Å². The molecular weight excluding hydrogens is 286 g/mol. The quantitative estimate of drug-likeness (QED) is 0.897. The Morgan fingerprint density at radius 3 is 2.10 bits per heavy atom. The van der Waals surface area contributed by atoms with Gasteiger partial charge >= 0.3 is 0 Å². The summed E-state index contributed by atoms with van der Waals surface area (Å²) in [7, 11) is -3.16. The molecular formula is C16H25NO3S. The summed E-state index contributed by atoms with van der Waals surface area (Å²) < 4.78 is 22.8. The lowest BCUT2D eigenvalue weighted by molar-refractivity contribution is -0.0145. The molecule has 2 N–H and O–H groups in total. The van der Waals surface area contributed by atoms with Crippen molar-refractivity contribution in [2.24, 2.45) is 5.41 Å². The topological polar surface area (TPSA) is 66.4 Å². The summed E-state index contributed by atoms with van der Waals surface area (Å²) in [4.78, 5) is 0.311. The molecule has 0 aromatic heterocycles. The SMILES string of the molecule is CC1(C)CCC(O)(CNc2ccc(S(C)(=O)=O)cc2)CC1. The molecule has 1 fully saturated rings. The molecule has 0 aliphatic heterocycles. The highest BCUT2D eigenvalue weighted by molar-refractivity contribution is 7.90. The minimum atomic E-state index is -3.16. The summed E-state index contributed by atoms with van der Waals surface area (Å²) >= 11 is 0. The standard InChI is InChI=1S/C16H25NO3S/c1-15(2)8-10-16(18,11-9-15)12-17-13-4-6-14(7-5-13)21(3,19)20/h4-7,17-18H,8-12H2,1-3H3. The van der Waals surface area contributed by atoms with Crippen LogP contribution in [-0.2, 0) is 9.84 Å². The van der Waals surface area contributed by atoms with Crippen molar-refractivity contribution in [1.82, 2.24) is 0 Å². The maximum absolute atomic E-state index is 11.4. The summed E-state index contributed by atoms with van der Waals surface area (Å²) in [5, 5.41) is 13.8. The van der Waals surface area contributed by atoms with Gasteiger partial charge in [-0.05, 0) is 55.4 Å². The van der Waals surface area contributed by atoms with Crippen LogP contribution in [0.5, 0.6) is 0 Å². The number of nitrogens with one attached hydrogen (secondary N) is 1. The number of benzene rings is 1. The molecule has 118 valence electrons. The fourth-order valence-electron chi connectivity index (χ4n) is 2.66. The van der Waals surface area contributed by atoms with Gasteiger partial charge in [-0.15, -0.1) is 0 Å². The number of hydrogen-bond donors (Lipinski definition) is 2. The Hall–Kier alpha value is -1.07. The Morgan fingerprint density at radius 2 is 1.62 bits per heavy atom. The fourth-order valence-corrected chi connectivity index (χ4v) is 3.29. The van der Waals surface area contributed by atoms with Gasteiger partial charge in [-0.25, -0.2) is 8.42 Å². The molecule has 1 saturated carbocycles. The minimum Gasteiger partial charge on any atom is -0.388 e. The van der Waals surface area contributed by atoms with Crippen LogP contribution >= 0.6 is 0 Å². The number of anilines is 1. The summed E-state index contributed by atoms with van der Waals surface area (Å²) in [6.45, 7) is 4.98. The van der Waals surface area contributed by atoms with E-state index in [0.29, 0.717) is 16.9 Å². The molecule has 1 aromatic carbocycles. The van der Waals surface area contributed by atoms with Crippen LogP contribution in [0.1, 0.15) is 39.5 Å². The lowest BCUT2D eigenvalue weighted by Crippen LogP contribution is -2.42. The van der Waals surface area contributed by atoms with Crippen molar-refractivity contribution in [2.75, 3.05) is 18.1 Å². The molecule has 5 heteroatoms. The zero-order valence-electron chi connectivity index (χ0n) is 13.0. The zero-order chi connectivity index (χ0) is 15.7. The second-order valence-electron chi connectivity index (χ2n) is 7.04. The third-order valence-corrected chi connectivity index (χ3v) is 5.57. The second kappa shape index (κ2) is 5.61. The van der Waals surface area contributed by atoms with Crippen molar-refractivity contribution in [3.05, 3.63) is 24.3 Å². The van der Waals surface area contributed by atoms with Crippen molar-refractivity contribution in [3.63, 3.8) is 0 Å². The summed E-state index contributed by atoms with van der Waals surface area (Å²) in [6.07, 6.45) is 4.85. The Bertz CT molecular complexity index is 580. The van der Waals surface area contributed by atoms with Gasteiger partial charge in [-0.3, -0.25) is 0 Å². The highest BCUT2D eigenvalue weighted by atomic mass is 32.2. The first kappa shape index (κ1) is 16.3. The fraction of sp³-hybridized carbons (Fsp3) is 0.625. The van der Waals surface area contributed by atoms with E-state index in [1.165, 1.54) is 6.26 Å². The van der Waals surface area contributed by atoms with Crippen molar-refractivity contribution >= 4 is 15.5 Å². The highest BCUT2D eigenvalue weighted by Crippen LogP contribution is 2.40. The third-order valence-electron chi connectivity index (χ3n) is 4.44. The molecule has 0 atom stereocenters. The Kier molecular flexibility index (Phi) is 4.36. The average Bonchev–Trinajstić information content (AvgIpc) is 2.40. The van der Waals surface area contributed by atoms with Gasteiger partial charge in [0.25, 0.3) is 0 Å².